The van der Waals surface area contributed by atoms with Crippen LogP contribution < -0.4 is 5.32 Å². The molecule has 21 heavy (non-hydrogen) atoms. The highest BCUT2D eigenvalue weighted by Crippen LogP contribution is 2.20. The van der Waals surface area contributed by atoms with Crippen LogP contribution in [0.15, 0.2) is 18.2 Å². The van der Waals surface area contributed by atoms with Gasteiger partial charge >= 0.3 is 5.97 Å². The predicted octanol–water partition coefficient (Wildman–Crippen LogP) is 1.84. The van der Waals surface area contributed by atoms with E-state index in [-0.39, 0.29) is 17.0 Å². The van der Waals surface area contributed by atoms with Crippen LogP contribution in [0.1, 0.15) is 35.7 Å². The number of nitro groups is 1. The van der Waals surface area contributed by atoms with Crippen molar-refractivity contribution in [3.05, 3.63) is 39.4 Å². The van der Waals surface area contributed by atoms with Gasteiger partial charge in [-0.15, -0.1) is 0 Å². The second-order valence-electron chi connectivity index (χ2n) is 4.58. The lowest BCUT2D eigenvalue weighted by Crippen LogP contribution is -2.16. The van der Waals surface area contributed by atoms with Crippen molar-refractivity contribution in [3.63, 3.8) is 0 Å². The fraction of sp³-hybridized carbons (Fsp3) is 0.429. The number of carbonyl (C=O) groups excluding carboxylic acids is 2. The van der Waals surface area contributed by atoms with E-state index in [4.69, 9.17) is 0 Å². The van der Waals surface area contributed by atoms with Crippen molar-refractivity contribution in [2.75, 3.05) is 13.7 Å². The molecule has 0 fully saturated rings. The molecule has 0 aromatic heterocycles. The number of esters is 1. The van der Waals surface area contributed by atoms with Crippen LogP contribution in [-0.4, -0.2) is 30.3 Å². The van der Waals surface area contributed by atoms with Crippen molar-refractivity contribution in [1.82, 2.24) is 5.32 Å². The van der Waals surface area contributed by atoms with Crippen LogP contribution in [-0.2, 0) is 16.1 Å². The Bertz CT molecular complexity index is 542. The number of hydrogen-bond donors (Lipinski definition) is 1. The van der Waals surface area contributed by atoms with Gasteiger partial charge in [-0.05, 0) is 31.5 Å². The first-order valence-corrected chi connectivity index (χ1v) is 6.51. The number of hydrogen-bond acceptors (Lipinski definition) is 6. The van der Waals surface area contributed by atoms with Crippen LogP contribution in [0.3, 0.4) is 0 Å². The maximum atomic E-state index is 11.6. The van der Waals surface area contributed by atoms with Crippen molar-refractivity contribution in [3.8, 4) is 0 Å². The SMILES string of the molecule is COC(=O)c1cc(CNCCCC(C)=O)ccc1[N+](=O)[O-]. The normalized spacial score (nSPS) is 10.2. The van der Waals surface area contributed by atoms with E-state index in [9.17, 15) is 19.7 Å². The molecule has 0 spiro atoms. The average molecular weight is 294 g/mol. The molecule has 114 valence electrons. The van der Waals surface area contributed by atoms with Crippen LogP contribution in [0.2, 0.25) is 0 Å². The van der Waals surface area contributed by atoms with Crippen molar-refractivity contribution in [2.24, 2.45) is 0 Å². The van der Waals surface area contributed by atoms with Crippen molar-refractivity contribution in [1.29, 1.82) is 0 Å². The standard InChI is InChI=1S/C14H18N2O5/c1-10(17)4-3-7-15-9-11-5-6-13(16(19)20)12(8-11)14(18)21-2/h5-6,8,15H,3-4,7,9H2,1-2H3. The molecule has 0 aliphatic rings. The highest BCUT2D eigenvalue weighted by atomic mass is 16.6. The number of ketones is 1. The fourth-order valence-electron chi connectivity index (χ4n) is 1.82. The number of ether oxygens (including phenoxy) is 1. The second-order valence-corrected chi connectivity index (χ2v) is 4.58. The highest BCUT2D eigenvalue weighted by molar-refractivity contribution is 5.94. The summed E-state index contributed by atoms with van der Waals surface area (Å²) in [4.78, 5) is 32.6. The van der Waals surface area contributed by atoms with E-state index in [0.717, 1.165) is 12.0 Å². The molecule has 1 rings (SSSR count). The van der Waals surface area contributed by atoms with E-state index in [2.05, 4.69) is 10.1 Å². The Morgan fingerprint density at radius 2 is 2.10 bits per heavy atom. The number of nitrogens with one attached hydrogen (secondary N) is 1. The zero-order valence-corrected chi connectivity index (χ0v) is 12.0. The van der Waals surface area contributed by atoms with Gasteiger partial charge in [-0.1, -0.05) is 6.07 Å². The number of Topliss-reactive ketones (excluding diaryl/α,β-unsaturated/α-hetero) is 1. The summed E-state index contributed by atoms with van der Waals surface area (Å²) < 4.78 is 4.55. The molecule has 1 aromatic rings. The van der Waals surface area contributed by atoms with Crippen molar-refractivity contribution >= 4 is 17.4 Å². The molecule has 0 aliphatic heterocycles. The fourth-order valence-corrected chi connectivity index (χ4v) is 1.82. The summed E-state index contributed by atoms with van der Waals surface area (Å²) >= 11 is 0. The van der Waals surface area contributed by atoms with Crippen LogP contribution in [0.4, 0.5) is 5.69 Å². The van der Waals surface area contributed by atoms with Gasteiger partial charge in [0.25, 0.3) is 5.69 Å². The largest absolute Gasteiger partial charge is 0.465 e. The van der Waals surface area contributed by atoms with E-state index >= 15 is 0 Å². The maximum absolute atomic E-state index is 11.6. The number of nitro benzene ring substituents is 1. The minimum absolute atomic E-state index is 0.0643. The Labute approximate surface area is 122 Å². The summed E-state index contributed by atoms with van der Waals surface area (Å²) in [7, 11) is 1.18. The quantitative estimate of drug-likeness (QED) is 0.340. The lowest BCUT2D eigenvalue weighted by atomic mass is 10.1. The summed E-state index contributed by atoms with van der Waals surface area (Å²) in [6, 6.07) is 4.32. The number of methoxy groups -OCH3 is 1. The Morgan fingerprint density at radius 1 is 1.38 bits per heavy atom. The number of nitrogens with zero attached hydrogens (tertiary/aromatic N) is 1. The van der Waals surface area contributed by atoms with Gasteiger partial charge in [0.2, 0.25) is 0 Å². The molecule has 0 heterocycles. The first-order chi connectivity index (χ1) is 9.95. The molecule has 0 amide bonds. The predicted molar refractivity (Wildman–Crippen MR) is 76.1 cm³/mol. The molecule has 0 bridgehead atoms. The highest BCUT2D eigenvalue weighted by Gasteiger charge is 2.20. The number of benzene rings is 1. The third-order valence-electron chi connectivity index (χ3n) is 2.87. The average Bonchev–Trinajstić information content (AvgIpc) is 2.45. The van der Waals surface area contributed by atoms with Gasteiger partial charge in [-0.25, -0.2) is 4.79 Å². The summed E-state index contributed by atoms with van der Waals surface area (Å²) in [6.07, 6.45) is 1.24. The van der Waals surface area contributed by atoms with Crippen LogP contribution in [0.25, 0.3) is 0 Å². The smallest absolute Gasteiger partial charge is 0.344 e. The van der Waals surface area contributed by atoms with Gasteiger partial charge in [-0.2, -0.15) is 0 Å². The maximum Gasteiger partial charge on any atom is 0.344 e. The Hall–Kier alpha value is -2.28. The summed E-state index contributed by atoms with van der Waals surface area (Å²) in [5.41, 5.74) is 0.400. The third-order valence-corrected chi connectivity index (χ3v) is 2.87. The molecule has 7 heteroatoms. The lowest BCUT2D eigenvalue weighted by molar-refractivity contribution is -0.385. The Morgan fingerprint density at radius 3 is 2.67 bits per heavy atom. The molecule has 0 saturated heterocycles. The van der Waals surface area contributed by atoms with E-state index in [0.29, 0.717) is 19.5 Å². The zero-order chi connectivity index (χ0) is 15.8. The molecule has 0 aliphatic carbocycles. The van der Waals surface area contributed by atoms with E-state index in [1.165, 1.54) is 19.2 Å². The molecule has 7 nitrogen and oxygen atoms in total. The lowest BCUT2D eigenvalue weighted by Gasteiger charge is -2.07. The van der Waals surface area contributed by atoms with Gasteiger partial charge in [0.15, 0.2) is 0 Å². The monoisotopic (exact) mass is 294 g/mol. The molecule has 0 saturated carbocycles. The Kier molecular flexibility index (Phi) is 6.48. The topological polar surface area (TPSA) is 98.5 Å². The zero-order valence-electron chi connectivity index (χ0n) is 12.0. The van der Waals surface area contributed by atoms with Crippen LogP contribution >= 0.6 is 0 Å². The van der Waals surface area contributed by atoms with E-state index in [1.54, 1.807) is 13.0 Å². The number of carbonyl (C=O) groups is 2. The molecule has 1 aromatic carbocycles. The first-order valence-electron chi connectivity index (χ1n) is 6.51. The molecular formula is C14H18N2O5. The van der Waals surface area contributed by atoms with Gasteiger partial charge in [-0.3, -0.25) is 10.1 Å². The van der Waals surface area contributed by atoms with E-state index in [1.807, 2.05) is 0 Å². The molecule has 0 atom stereocenters. The van der Waals surface area contributed by atoms with Crippen LogP contribution in [0, 0.1) is 10.1 Å². The van der Waals surface area contributed by atoms with E-state index < -0.39 is 10.9 Å². The van der Waals surface area contributed by atoms with Crippen molar-refractivity contribution in [2.45, 2.75) is 26.3 Å². The first kappa shape index (κ1) is 16.8. The molecular weight excluding hydrogens is 276 g/mol. The molecule has 1 N–H and O–H groups in total. The van der Waals surface area contributed by atoms with Crippen molar-refractivity contribution < 1.29 is 19.2 Å². The summed E-state index contributed by atoms with van der Waals surface area (Å²) in [5.74, 6) is -0.597. The number of rotatable bonds is 8. The molecule has 0 unspecified atom stereocenters. The third kappa shape index (κ3) is 5.31. The summed E-state index contributed by atoms with van der Waals surface area (Å²) in [5, 5.41) is 14.0. The second kappa shape index (κ2) is 8.11. The Balaban J connectivity index is 2.70. The van der Waals surface area contributed by atoms with Gasteiger partial charge < -0.3 is 14.8 Å². The van der Waals surface area contributed by atoms with Gasteiger partial charge in [0.1, 0.15) is 11.3 Å². The minimum atomic E-state index is -0.736. The minimum Gasteiger partial charge on any atom is -0.465 e. The van der Waals surface area contributed by atoms with Crippen LogP contribution in [0.5, 0.6) is 0 Å². The van der Waals surface area contributed by atoms with Gasteiger partial charge in [0, 0.05) is 19.0 Å². The molecule has 0 radical (unpaired) electrons. The van der Waals surface area contributed by atoms with Gasteiger partial charge in [0.05, 0.1) is 12.0 Å². The summed E-state index contributed by atoms with van der Waals surface area (Å²) in [6.45, 7) is 2.66.